The van der Waals surface area contributed by atoms with Gasteiger partial charge in [-0.05, 0) is 17.5 Å². The molecule has 18 heavy (non-hydrogen) atoms. The summed E-state index contributed by atoms with van der Waals surface area (Å²) in [4.78, 5) is 0.0841. The van der Waals surface area contributed by atoms with Gasteiger partial charge >= 0.3 is 0 Å². The molecule has 0 heterocycles. The number of nitrogens with zero attached hydrogens (tertiary/aromatic N) is 1. The van der Waals surface area contributed by atoms with Crippen LogP contribution in [0.1, 0.15) is 0 Å². The van der Waals surface area contributed by atoms with Crippen molar-refractivity contribution in [2.75, 3.05) is 6.54 Å². The quantitative estimate of drug-likeness (QED) is 0.877. The maximum atomic E-state index is 12.0. The molecule has 0 atom stereocenters. The van der Waals surface area contributed by atoms with Crippen LogP contribution in [0, 0.1) is 11.3 Å². The lowest BCUT2D eigenvalue weighted by Crippen LogP contribution is -2.24. The van der Waals surface area contributed by atoms with Crippen molar-refractivity contribution in [1.29, 1.82) is 5.26 Å². The van der Waals surface area contributed by atoms with Crippen molar-refractivity contribution < 1.29 is 8.42 Å². The Morgan fingerprint density at radius 2 is 1.89 bits per heavy atom. The van der Waals surface area contributed by atoms with Crippen molar-refractivity contribution in [3.05, 3.63) is 41.4 Å². The van der Waals surface area contributed by atoms with Crippen LogP contribution in [-0.2, 0) is 10.0 Å². The molecule has 0 saturated heterocycles. The molecule has 0 fully saturated rings. The minimum atomic E-state index is -3.73. The second-order valence-electron chi connectivity index (χ2n) is 3.58. The van der Waals surface area contributed by atoms with Gasteiger partial charge in [0, 0.05) is 10.4 Å². The van der Waals surface area contributed by atoms with Crippen molar-refractivity contribution in [3.8, 4) is 6.07 Å². The lowest BCUT2D eigenvalue weighted by molar-refractivity contribution is 0.587. The first-order valence-corrected chi connectivity index (χ1v) is 6.96. The molecule has 1 N–H and O–H groups in total. The number of fused-ring (bicyclic) bond motifs is 1. The highest BCUT2D eigenvalue weighted by Crippen LogP contribution is 2.29. The molecule has 2 aromatic rings. The Kier molecular flexibility index (Phi) is 3.53. The summed E-state index contributed by atoms with van der Waals surface area (Å²) in [6.45, 7) is -0.275. The van der Waals surface area contributed by atoms with Gasteiger partial charge in [0.15, 0.2) is 0 Å². The first kappa shape index (κ1) is 12.8. The minimum absolute atomic E-state index is 0.0841. The Morgan fingerprint density at radius 3 is 2.56 bits per heavy atom. The molecule has 0 amide bonds. The van der Waals surface area contributed by atoms with E-state index in [4.69, 9.17) is 16.9 Å². The lowest BCUT2D eigenvalue weighted by Gasteiger charge is -2.08. The normalized spacial score (nSPS) is 11.3. The molecule has 0 aliphatic heterocycles. The van der Waals surface area contributed by atoms with Crippen LogP contribution in [0.5, 0.6) is 0 Å². The number of rotatable bonds is 3. The van der Waals surface area contributed by atoms with Crippen LogP contribution in [0.4, 0.5) is 0 Å². The number of nitriles is 1. The van der Waals surface area contributed by atoms with Gasteiger partial charge in [-0.15, -0.1) is 0 Å². The van der Waals surface area contributed by atoms with E-state index in [1.165, 1.54) is 6.07 Å². The maximum absolute atomic E-state index is 12.0. The van der Waals surface area contributed by atoms with E-state index >= 15 is 0 Å². The van der Waals surface area contributed by atoms with E-state index in [1.54, 1.807) is 36.4 Å². The second-order valence-corrected chi connectivity index (χ2v) is 5.72. The van der Waals surface area contributed by atoms with Gasteiger partial charge < -0.3 is 0 Å². The number of sulfonamides is 1. The highest BCUT2D eigenvalue weighted by molar-refractivity contribution is 7.89. The van der Waals surface area contributed by atoms with Crippen molar-refractivity contribution >= 4 is 32.4 Å². The van der Waals surface area contributed by atoms with Crippen molar-refractivity contribution in [3.63, 3.8) is 0 Å². The summed E-state index contributed by atoms with van der Waals surface area (Å²) in [5.41, 5.74) is 0. The summed E-state index contributed by atoms with van der Waals surface area (Å²) >= 11 is 6.05. The second kappa shape index (κ2) is 4.94. The van der Waals surface area contributed by atoms with Crippen molar-refractivity contribution in [2.45, 2.75) is 4.90 Å². The number of benzene rings is 2. The van der Waals surface area contributed by atoms with Gasteiger partial charge in [-0.1, -0.05) is 35.9 Å². The average Bonchev–Trinajstić information content (AvgIpc) is 2.36. The van der Waals surface area contributed by atoms with E-state index in [1.807, 2.05) is 0 Å². The Morgan fingerprint density at radius 1 is 1.22 bits per heavy atom. The Bertz CT molecular complexity index is 730. The van der Waals surface area contributed by atoms with Crippen LogP contribution in [-0.4, -0.2) is 15.0 Å². The van der Waals surface area contributed by atoms with E-state index in [0.29, 0.717) is 10.4 Å². The van der Waals surface area contributed by atoms with E-state index < -0.39 is 10.0 Å². The number of hydrogen-bond acceptors (Lipinski definition) is 3. The fourth-order valence-electron chi connectivity index (χ4n) is 1.69. The summed E-state index contributed by atoms with van der Waals surface area (Å²) in [5, 5.41) is 10.0. The zero-order chi connectivity index (χ0) is 13.2. The molecule has 0 aliphatic rings. The molecule has 0 radical (unpaired) electrons. The molecule has 0 unspecified atom stereocenters. The highest BCUT2D eigenvalue weighted by atomic mass is 35.5. The topological polar surface area (TPSA) is 70.0 Å². The van der Waals surface area contributed by atoms with Gasteiger partial charge in [-0.25, -0.2) is 8.42 Å². The standard InChI is InChI=1S/C12H9ClN2O2S/c13-10-5-1-3-9-4-2-6-11(12(9)10)18(16,17)15-8-7-14/h1-6,15H,8H2. The van der Waals surface area contributed by atoms with Crippen LogP contribution < -0.4 is 4.72 Å². The molecule has 0 aromatic heterocycles. The summed E-state index contributed by atoms with van der Waals surface area (Å²) in [5.74, 6) is 0. The average molecular weight is 281 g/mol. The van der Waals surface area contributed by atoms with Gasteiger partial charge in [0.05, 0.1) is 17.5 Å². The predicted molar refractivity (Wildman–Crippen MR) is 69.8 cm³/mol. The molecule has 2 rings (SSSR count). The van der Waals surface area contributed by atoms with Crippen molar-refractivity contribution in [2.24, 2.45) is 0 Å². The van der Waals surface area contributed by atoms with E-state index in [0.717, 1.165) is 5.39 Å². The number of nitrogens with one attached hydrogen (secondary N) is 1. The summed E-state index contributed by atoms with van der Waals surface area (Å²) < 4.78 is 26.3. The molecule has 4 nitrogen and oxygen atoms in total. The van der Waals surface area contributed by atoms with E-state index in [9.17, 15) is 8.42 Å². The number of halogens is 1. The fraction of sp³-hybridized carbons (Fsp3) is 0.0833. The molecular weight excluding hydrogens is 272 g/mol. The van der Waals surface area contributed by atoms with Gasteiger partial charge in [-0.3, -0.25) is 0 Å². The SMILES string of the molecule is N#CCNS(=O)(=O)c1cccc2cccc(Cl)c12. The summed E-state index contributed by atoms with van der Waals surface area (Å²) in [7, 11) is -3.73. The summed E-state index contributed by atoms with van der Waals surface area (Å²) in [6, 6.07) is 11.8. The number of hydrogen-bond donors (Lipinski definition) is 1. The smallest absolute Gasteiger partial charge is 0.207 e. The zero-order valence-corrected chi connectivity index (χ0v) is 10.8. The van der Waals surface area contributed by atoms with Crippen LogP contribution in [0.25, 0.3) is 10.8 Å². The first-order valence-electron chi connectivity index (χ1n) is 5.10. The third kappa shape index (κ3) is 2.31. The monoisotopic (exact) mass is 280 g/mol. The third-order valence-electron chi connectivity index (χ3n) is 2.45. The van der Waals surface area contributed by atoms with Gasteiger partial charge in [-0.2, -0.15) is 9.98 Å². The molecule has 2 aromatic carbocycles. The van der Waals surface area contributed by atoms with Gasteiger partial charge in [0.25, 0.3) is 0 Å². The molecule has 0 aliphatic carbocycles. The predicted octanol–water partition coefficient (Wildman–Crippen LogP) is 2.30. The molecular formula is C12H9ClN2O2S. The van der Waals surface area contributed by atoms with Crippen LogP contribution >= 0.6 is 11.6 Å². The van der Waals surface area contributed by atoms with Crippen LogP contribution in [0.15, 0.2) is 41.3 Å². The lowest BCUT2D eigenvalue weighted by atomic mass is 10.1. The first-order chi connectivity index (χ1) is 8.56. The van der Waals surface area contributed by atoms with Crippen LogP contribution in [0.3, 0.4) is 0 Å². The summed E-state index contributed by atoms with van der Waals surface area (Å²) in [6.07, 6.45) is 0. The van der Waals surface area contributed by atoms with Gasteiger partial charge in [0.1, 0.15) is 0 Å². The van der Waals surface area contributed by atoms with Crippen molar-refractivity contribution in [1.82, 2.24) is 4.72 Å². The zero-order valence-electron chi connectivity index (χ0n) is 9.22. The maximum Gasteiger partial charge on any atom is 0.242 e. The molecule has 0 spiro atoms. The Labute approximate surface area is 110 Å². The minimum Gasteiger partial charge on any atom is -0.207 e. The molecule has 6 heteroatoms. The largest absolute Gasteiger partial charge is 0.242 e. The van der Waals surface area contributed by atoms with Crippen LogP contribution in [0.2, 0.25) is 5.02 Å². The third-order valence-corrected chi connectivity index (χ3v) is 4.20. The van der Waals surface area contributed by atoms with E-state index in [-0.39, 0.29) is 11.4 Å². The molecule has 92 valence electrons. The Hall–Kier alpha value is -1.61. The Balaban J connectivity index is 2.69. The molecule has 0 bridgehead atoms. The van der Waals surface area contributed by atoms with Gasteiger partial charge in [0.2, 0.25) is 10.0 Å². The molecule has 0 saturated carbocycles. The van der Waals surface area contributed by atoms with E-state index in [2.05, 4.69) is 4.72 Å². The fourth-order valence-corrected chi connectivity index (χ4v) is 3.20. The highest BCUT2D eigenvalue weighted by Gasteiger charge is 2.18.